The number of aromatic amines is 1. The Morgan fingerprint density at radius 1 is 0.917 bits per heavy atom. The molecule has 0 saturated heterocycles. The van der Waals surface area contributed by atoms with Crippen LogP contribution >= 0.6 is 23.2 Å². The SMILES string of the molecule is CCCCc1cn(-c2c(Cl)cccc2Cl)c(=O)n1Cc1ccc(-c2ccccc2-c2nn[nH]n2)cc1. The summed E-state index contributed by atoms with van der Waals surface area (Å²) in [4.78, 5) is 13.5. The molecule has 2 heterocycles. The second-order valence-corrected chi connectivity index (χ2v) is 9.33. The minimum absolute atomic E-state index is 0.164. The maximum absolute atomic E-state index is 13.5. The lowest BCUT2D eigenvalue weighted by atomic mass is 9.98. The van der Waals surface area contributed by atoms with Crippen LogP contribution < -0.4 is 5.69 Å². The minimum Gasteiger partial charge on any atom is -0.292 e. The number of benzene rings is 3. The molecular weight excluding hydrogens is 495 g/mol. The van der Waals surface area contributed by atoms with Crippen molar-refractivity contribution < 1.29 is 0 Å². The fraction of sp³-hybridized carbons (Fsp3) is 0.185. The Hall–Kier alpha value is -3.68. The lowest BCUT2D eigenvalue weighted by Crippen LogP contribution is -2.25. The maximum Gasteiger partial charge on any atom is 0.333 e. The average molecular weight is 519 g/mol. The molecule has 0 amide bonds. The standard InChI is InChI=1S/C27H24Cl2N6O/c1-2-3-7-20-17-35(25-23(28)10-6-11-24(25)29)27(36)34(20)16-18-12-14-19(15-13-18)21-8-4-5-9-22(21)26-30-32-33-31-26/h4-6,8-15,17H,2-3,7,16H2,1H3,(H,30,31,32,33). The summed E-state index contributed by atoms with van der Waals surface area (Å²) >= 11 is 12.8. The third-order valence-electron chi connectivity index (χ3n) is 6.15. The molecule has 36 heavy (non-hydrogen) atoms. The molecule has 0 aliphatic carbocycles. The number of para-hydroxylation sites is 1. The molecule has 0 unspecified atom stereocenters. The zero-order valence-electron chi connectivity index (χ0n) is 19.7. The zero-order chi connectivity index (χ0) is 25.1. The molecule has 5 aromatic rings. The highest BCUT2D eigenvalue weighted by atomic mass is 35.5. The van der Waals surface area contributed by atoms with E-state index in [1.54, 1.807) is 27.3 Å². The van der Waals surface area contributed by atoms with Crippen molar-refractivity contribution in [2.45, 2.75) is 32.7 Å². The number of halogens is 2. The first-order chi connectivity index (χ1) is 17.6. The number of rotatable bonds is 8. The molecule has 5 rings (SSSR count). The van der Waals surface area contributed by atoms with Crippen LogP contribution in [0.3, 0.4) is 0 Å². The lowest BCUT2D eigenvalue weighted by Gasteiger charge is -2.10. The Bertz CT molecular complexity index is 1520. The molecule has 0 atom stereocenters. The molecule has 0 bridgehead atoms. The predicted molar refractivity (Wildman–Crippen MR) is 143 cm³/mol. The van der Waals surface area contributed by atoms with Crippen molar-refractivity contribution in [3.8, 4) is 28.2 Å². The molecule has 0 radical (unpaired) electrons. The van der Waals surface area contributed by atoms with E-state index in [2.05, 4.69) is 27.5 Å². The fourth-order valence-corrected chi connectivity index (χ4v) is 4.89. The summed E-state index contributed by atoms with van der Waals surface area (Å²) in [6, 6.07) is 21.4. The molecule has 3 aromatic carbocycles. The van der Waals surface area contributed by atoms with Crippen LogP contribution in [-0.4, -0.2) is 29.8 Å². The number of nitrogens with zero attached hydrogens (tertiary/aromatic N) is 5. The van der Waals surface area contributed by atoms with Crippen molar-refractivity contribution >= 4 is 23.2 Å². The van der Waals surface area contributed by atoms with Crippen LogP contribution in [0.1, 0.15) is 31.0 Å². The largest absolute Gasteiger partial charge is 0.333 e. The smallest absolute Gasteiger partial charge is 0.292 e. The maximum atomic E-state index is 13.5. The highest BCUT2D eigenvalue weighted by Crippen LogP contribution is 2.30. The molecule has 182 valence electrons. The summed E-state index contributed by atoms with van der Waals surface area (Å²) in [5.74, 6) is 0.543. The molecule has 1 N–H and O–H groups in total. The van der Waals surface area contributed by atoms with Crippen molar-refractivity contribution in [2.24, 2.45) is 0 Å². The zero-order valence-corrected chi connectivity index (χ0v) is 21.2. The second-order valence-electron chi connectivity index (χ2n) is 8.51. The summed E-state index contributed by atoms with van der Waals surface area (Å²) in [5.41, 5.74) is 5.23. The molecule has 9 heteroatoms. The fourth-order valence-electron chi connectivity index (χ4n) is 4.31. The van der Waals surface area contributed by atoms with Gasteiger partial charge < -0.3 is 0 Å². The topological polar surface area (TPSA) is 81.4 Å². The third kappa shape index (κ3) is 4.72. The van der Waals surface area contributed by atoms with E-state index in [9.17, 15) is 4.79 Å². The van der Waals surface area contributed by atoms with Crippen LogP contribution in [-0.2, 0) is 13.0 Å². The van der Waals surface area contributed by atoms with Crippen LogP contribution in [0.4, 0.5) is 0 Å². The van der Waals surface area contributed by atoms with Gasteiger partial charge in [-0.1, -0.05) is 91.1 Å². The molecular formula is C27H24Cl2N6O. The summed E-state index contributed by atoms with van der Waals surface area (Å²) in [5, 5.41) is 15.3. The number of imidazole rings is 1. The van der Waals surface area contributed by atoms with E-state index in [-0.39, 0.29) is 5.69 Å². The van der Waals surface area contributed by atoms with Crippen molar-refractivity contribution in [1.29, 1.82) is 0 Å². The first kappa shape index (κ1) is 24.0. The summed E-state index contributed by atoms with van der Waals surface area (Å²) in [7, 11) is 0. The van der Waals surface area contributed by atoms with Crippen molar-refractivity contribution in [3.05, 3.63) is 105 Å². The first-order valence-corrected chi connectivity index (χ1v) is 12.5. The lowest BCUT2D eigenvalue weighted by molar-refractivity contribution is 0.674. The number of H-pyrrole nitrogens is 1. The van der Waals surface area contributed by atoms with Gasteiger partial charge in [0.2, 0.25) is 5.82 Å². The van der Waals surface area contributed by atoms with Gasteiger partial charge in [-0.05, 0) is 46.9 Å². The van der Waals surface area contributed by atoms with Gasteiger partial charge in [-0.2, -0.15) is 5.21 Å². The molecule has 0 spiro atoms. The molecule has 2 aromatic heterocycles. The van der Waals surface area contributed by atoms with Crippen LogP contribution in [0.15, 0.2) is 77.7 Å². The highest BCUT2D eigenvalue weighted by Gasteiger charge is 2.17. The van der Waals surface area contributed by atoms with Gasteiger partial charge in [-0.15, -0.1) is 10.2 Å². The van der Waals surface area contributed by atoms with Gasteiger partial charge in [-0.3, -0.25) is 9.13 Å². The number of aromatic nitrogens is 6. The molecule has 0 aliphatic heterocycles. The van der Waals surface area contributed by atoms with E-state index in [0.717, 1.165) is 47.2 Å². The number of hydrogen-bond donors (Lipinski definition) is 1. The number of unbranched alkanes of at least 4 members (excludes halogenated alkanes) is 1. The Morgan fingerprint density at radius 2 is 1.64 bits per heavy atom. The summed E-state index contributed by atoms with van der Waals surface area (Å²) in [6.45, 7) is 2.58. The third-order valence-corrected chi connectivity index (χ3v) is 6.76. The molecule has 7 nitrogen and oxygen atoms in total. The van der Waals surface area contributed by atoms with Gasteiger partial charge in [0.25, 0.3) is 0 Å². The van der Waals surface area contributed by atoms with Gasteiger partial charge in [0.15, 0.2) is 0 Å². The Kier molecular flexibility index (Phi) is 7.02. The Morgan fingerprint density at radius 3 is 2.31 bits per heavy atom. The van der Waals surface area contributed by atoms with Crippen LogP contribution in [0.5, 0.6) is 0 Å². The second kappa shape index (κ2) is 10.5. The molecule has 0 aliphatic rings. The summed E-state index contributed by atoms with van der Waals surface area (Å²) < 4.78 is 3.36. The van der Waals surface area contributed by atoms with E-state index in [1.165, 1.54) is 0 Å². The number of nitrogens with one attached hydrogen (secondary N) is 1. The monoisotopic (exact) mass is 518 g/mol. The average Bonchev–Trinajstić information content (AvgIpc) is 3.53. The predicted octanol–water partition coefficient (Wildman–Crippen LogP) is 6.18. The number of hydrogen-bond acceptors (Lipinski definition) is 4. The van der Waals surface area contributed by atoms with E-state index in [1.807, 2.05) is 54.7 Å². The minimum atomic E-state index is -0.164. The first-order valence-electron chi connectivity index (χ1n) is 11.7. The van der Waals surface area contributed by atoms with E-state index >= 15 is 0 Å². The van der Waals surface area contributed by atoms with Crippen LogP contribution in [0, 0.1) is 0 Å². The molecule has 0 fully saturated rings. The van der Waals surface area contributed by atoms with Gasteiger partial charge in [-0.25, -0.2) is 4.79 Å². The Balaban J connectivity index is 1.49. The molecule has 0 saturated carbocycles. The van der Waals surface area contributed by atoms with Crippen molar-refractivity contribution in [3.63, 3.8) is 0 Å². The van der Waals surface area contributed by atoms with Crippen LogP contribution in [0.2, 0.25) is 10.0 Å². The van der Waals surface area contributed by atoms with Crippen molar-refractivity contribution in [1.82, 2.24) is 29.8 Å². The highest BCUT2D eigenvalue weighted by molar-refractivity contribution is 6.37. The quantitative estimate of drug-likeness (QED) is 0.265. The van der Waals surface area contributed by atoms with Gasteiger partial charge in [0.1, 0.15) is 0 Å². The van der Waals surface area contributed by atoms with E-state index in [0.29, 0.717) is 28.1 Å². The van der Waals surface area contributed by atoms with E-state index < -0.39 is 0 Å². The van der Waals surface area contributed by atoms with Crippen LogP contribution in [0.25, 0.3) is 28.2 Å². The van der Waals surface area contributed by atoms with Gasteiger partial charge in [0.05, 0.1) is 22.3 Å². The van der Waals surface area contributed by atoms with Gasteiger partial charge in [0, 0.05) is 17.5 Å². The summed E-state index contributed by atoms with van der Waals surface area (Å²) in [6.07, 6.45) is 4.66. The van der Waals surface area contributed by atoms with Gasteiger partial charge >= 0.3 is 5.69 Å². The number of aryl methyl sites for hydroxylation is 1. The normalized spacial score (nSPS) is 11.2. The Labute approximate surface area is 218 Å². The van der Waals surface area contributed by atoms with Crippen molar-refractivity contribution in [2.75, 3.05) is 0 Å². The van der Waals surface area contributed by atoms with E-state index in [4.69, 9.17) is 23.2 Å². The number of tetrazole rings is 1.